The predicted octanol–water partition coefficient (Wildman–Crippen LogP) is 1.81. The maximum atomic E-state index is 12.3. The molecule has 0 saturated carbocycles. The molecule has 3 rings (SSSR count). The highest BCUT2D eigenvalue weighted by Crippen LogP contribution is 2.16. The van der Waals surface area contributed by atoms with Gasteiger partial charge in [-0.05, 0) is 36.9 Å². The van der Waals surface area contributed by atoms with Crippen molar-refractivity contribution >= 4 is 23.4 Å². The molecule has 1 fully saturated rings. The molecule has 0 radical (unpaired) electrons. The molecule has 122 valence electrons. The third kappa shape index (κ3) is 3.82. The molecule has 2 aromatic heterocycles. The highest BCUT2D eigenvalue weighted by molar-refractivity contribution is 7.08. The van der Waals surface area contributed by atoms with Gasteiger partial charge in [-0.15, -0.1) is 5.10 Å². The zero-order valence-corrected chi connectivity index (χ0v) is 14.0. The smallest absolute Gasteiger partial charge is 0.265 e. The summed E-state index contributed by atoms with van der Waals surface area (Å²) in [5.74, 6) is 0.616. The summed E-state index contributed by atoms with van der Waals surface area (Å²) in [4.78, 5) is 23.9. The number of aryl methyl sites for hydroxylation is 1. The molecule has 3 heterocycles. The first-order valence-corrected chi connectivity index (χ1v) is 8.71. The van der Waals surface area contributed by atoms with Crippen LogP contribution in [0.3, 0.4) is 0 Å². The second-order valence-corrected chi connectivity index (χ2v) is 6.28. The van der Waals surface area contributed by atoms with Crippen LogP contribution in [0.2, 0.25) is 0 Å². The highest BCUT2D eigenvalue weighted by Gasteiger charge is 2.17. The fourth-order valence-electron chi connectivity index (χ4n) is 2.59. The largest absolute Gasteiger partial charge is 0.346 e. The summed E-state index contributed by atoms with van der Waals surface area (Å²) in [6.07, 6.45) is 5.83. The van der Waals surface area contributed by atoms with Crippen LogP contribution in [0.15, 0.2) is 12.3 Å². The number of carbonyl (C=O) groups excluding carboxylic acids is 1. The number of aromatic nitrogens is 4. The summed E-state index contributed by atoms with van der Waals surface area (Å²) in [6.45, 7) is 4.44. The second-order valence-electron chi connectivity index (χ2n) is 5.52. The highest BCUT2D eigenvalue weighted by atomic mass is 32.1. The quantitative estimate of drug-likeness (QED) is 0.868. The van der Waals surface area contributed by atoms with Crippen molar-refractivity contribution in [2.24, 2.45) is 0 Å². The molecular formula is C15H20N6OS. The van der Waals surface area contributed by atoms with E-state index in [1.54, 1.807) is 6.20 Å². The number of hydrogen-bond donors (Lipinski definition) is 1. The summed E-state index contributed by atoms with van der Waals surface area (Å²) in [5, 5.41) is 6.92. The Hall–Kier alpha value is -2.09. The van der Waals surface area contributed by atoms with Gasteiger partial charge in [0.05, 0.1) is 17.9 Å². The molecule has 1 saturated heterocycles. The Morgan fingerprint density at radius 3 is 3.00 bits per heavy atom. The first-order chi connectivity index (χ1) is 11.3. The molecule has 1 aliphatic heterocycles. The van der Waals surface area contributed by atoms with Crippen LogP contribution in [0.5, 0.6) is 0 Å². The third-order valence-electron chi connectivity index (χ3n) is 3.77. The summed E-state index contributed by atoms with van der Waals surface area (Å²) in [5.41, 5.74) is 1.58. The van der Waals surface area contributed by atoms with Crippen molar-refractivity contribution in [3.8, 4) is 0 Å². The zero-order chi connectivity index (χ0) is 16.1. The SMILES string of the molecule is CCCc1nnsc1C(=O)NCc1ccnc(N2CCCC2)n1. The van der Waals surface area contributed by atoms with E-state index in [0.717, 1.165) is 54.8 Å². The number of nitrogens with zero attached hydrogens (tertiary/aromatic N) is 5. The van der Waals surface area contributed by atoms with Crippen molar-refractivity contribution < 1.29 is 4.79 Å². The Kier molecular flexibility index (Phi) is 5.12. The molecule has 0 atom stereocenters. The molecule has 1 aliphatic rings. The average molecular weight is 332 g/mol. The molecule has 8 heteroatoms. The minimum Gasteiger partial charge on any atom is -0.346 e. The van der Waals surface area contributed by atoms with E-state index in [2.05, 4.69) is 36.7 Å². The number of nitrogens with one attached hydrogen (secondary N) is 1. The normalized spacial score (nSPS) is 14.2. The Morgan fingerprint density at radius 1 is 1.39 bits per heavy atom. The Labute approximate surface area is 139 Å². The van der Waals surface area contributed by atoms with E-state index < -0.39 is 0 Å². The van der Waals surface area contributed by atoms with Crippen molar-refractivity contribution in [3.63, 3.8) is 0 Å². The summed E-state index contributed by atoms with van der Waals surface area (Å²) in [6, 6.07) is 1.83. The van der Waals surface area contributed by atoms with Crippen molar-refractivity contribution in [3.05, 3.63) is 28.5 Å². The number of amides is 1. The Bertz CT molecular complexity index is 667. The molecule has 0 unspecified atom stereocenters. The van der Waals surface area contributed by atoms with Gasteiger partial charge in [-0.25, -0.2) is 9.97 Å². The van der Waals surface area contributed by atoms with Gasteiger partial charge in [-0.2, -0.15) is 0 Å². The minimum absolute atomic E-state index is 0.134. The second kappa shape index (κ2) is 7.45. The van der Waals surface area contributed by atoms with E-state index in [0.29, 0.717) is 11.4 Å². The van der Waals surface area contributed by atoms with Crippen LogP contribution in [0.1, 0.15) is 47.2 Å². The number of carbonyl (C=O) groups is 1. The van der Waals surface area contributed by atoms with Gasteiger partial charge in [0.1, 0.15) is 4.88 Å². The average Bonchev–Trinajstić information content (AvgIpc) is 3.25. The van der Waals surface area contributed by atoms with Crippen LogP contribution in [0.4, 0.5) is 5.95 Å². The van der Waals surface area contributed by atoms with Crippen LogP contribution in [-0.4, -0.2) is 38.6 Å². The maximum Gasteiger partial charge on any atom is 0.265 e. The molecule has 23 heavy (non-hydrogen) atoms. The molecular weight excluding hydrogens is 312 g/mol. The van der Waals surface area contributed by atoms with Crippen LogP contribution < -0.4 is 10.2 Å². The van der Waals surface area contributed by atoms with Crippen LogP contribution in [0.25, 0.3) is 0 Å². The molecule has 0 aliphatic carbocycles. The zero-order valence-electron chi connectivity index (χ0n) is 13.2. The van der Waals surface area contributed by atoms with Crippen molar-refractivity contribution in [2.45, 2.75) is 39.2 Å². The first-order valence-electron chi connectivity index (χ1n) is 7.94. The van der Waals surface area contributed by atoms with Gasteiger partial charge in [-0.1, -0.05) is 17.8 Å². The lowest BCUT2D eigenvalue weighted by molar-refractivity contribution is 0.0953. The van der Waals surface area contributed by atoms with Gasteiger partial charge in [0.25, 0.3) is 5.91 Å². The monoisotopic (exact) mass is 332 g/mol. The molecule has 0 aromatic carbocycles. The van der Waals surface area contributed by atoms with E-state index in [4.69, 9.17) is 0 Å². The number of hydrogen-bond acceptors (Lipinski definition) is 7. The van der Waals surface area contributed by atoms with Gasteiger partial charge in [0.15, 0.2) is 0 Å². The molecule has 1 N–H and O–H groups in total. The Morgan fingerprint density at radius 2 is 2.22 bits per heavy atom. The number of rotatable bonds is 6. The molecule has 0 bridgehead atoms. The lowest BCUT2D eigenvalue weighted by Crippen LogP contribution is -2.25. The summed E-state index contributed by atoms with van der Waals surface area (Å²) >= 11 is 1.14. The summed E-state index contributed by atoms with van der Waals surface area (Å²) in [7, 11) is 0. The van der Waals surface area contributed by atoms with Crippen LogP contribution in [-0.2, 0) is 13.0 Å². The first kappa shape index (κ1) is 15.8. The van der Waals surface area contributed by atoms with Gasteiger partial charge < -0.3 is 10.2 Å². The lowest BCUT2D eigenvalue weighted by Gasteiger charge is -2.15. The van der Waals surface area contributed by atoms with Crippen molar-refractivity contribution in [1.82, 2.24) is 24.9 Å². The van der Waals surface area contributed by atoms with Crippen molar-refractivity contribution in [2.75, 3.05) is 18.0 Å². The topological polar surface area (TPSA) is 83.9 Å². The lowest BCUT2D eigenvalue weighted by atomic mass is 10.2. The number of anilines is 1. The van der Waals surface area contributed by atoms with E-state index >= 15 is 0 Å². The molecule has 0 spiro atoms. The predicted molar refractivity (Wildman–Crippen MR) is 88.6 cm³/mol. The molecule has 7 nitrogen and oxygen atoms in total. The van der Waals surface area contributed by atoms with E-state index in [1.165, 1.54) is 12.8 Å². The van der Waals surface area contributed by atoms with E-state index in [-0.39, 0.29) is 5.91 Å². The molecule has 2 aromatic rings. The van der Waals surface area contributed by atoms with Gasteiger partial charge in [0, 0.05) is 19.3 Å². The summed E-state index contributed by atoms with van der Waals surface area (Å²) < 4.78 is 3.88. The maximum absolute atomic E-state index is 12.3. The fourth-order valence-corrected chi connectivity index (χ4v) is 3.21. The van der Waals surface area contributed by atoms with Gasteiger partial charge >= 0.3 is 0 Å². The van der Waals surface area contributed by atoms with Crippen LogP contribution >= 0.6 is 11.5 Å². The third-order valence-corrected chi connectivity index (χ3v) is 4.54. The van der Waals surface area contributed by atoms with Gasteiger partial charge in [-0.3, -0.25) is 4.79 Å². The molecule has 1 amide bonds. The van der Waals surface area contributed by atoms with Crippen LogP contribution in [0, 0.1) is 0 Å². The standard InChI is InChI=1S/C15H20N6OS/c1-2-5-12-13(23-20-19-12)14(22)17-10-11-6-7-16-15(18-11)21-8-3-4-9-21/h6-7H,2-5,8-10H2,1H3,(H,17,22). The van der Waals surface area contributed by atoms with E-state index in [1.807, 2.05) is 6.07 Å². The van der Waals surface area contributed by atoms with E-state index in [9.17, 15) is 4.79 Å². The van der Waals surface area contributed by atoms with Crippen molar-refractivity contribution in [1.29, 1.82) is 0 Å². The Balaban J connectivity index is 1.62. The fraction of sp³-hybridized carbons (Fsp3) is 0.533. The minimum atomic E-state index is -0.134. The van der Waals surface area contributed by atoms with Gasteiger partial charge in [0.2, 0.25) is 5.95 Å².